The fourth-order valence-corrected chi connectivity index (χ4v) is 6.30. The van der Waals surface area contributed by atoms with Crippen LogP contribution in [0, 0.1) is 0 Å². The molecular formula is C41H39BrN4O2. The van der Waals surface area contributed by atoms with Gasteiger partial charge in [0.1, 0.15) is 6.04 Å². The summed E-state index contributed by atoms with van der Waals surface area (Å²) < 4.78 is 0.971. The van der Waals surface area contributed by atoms with Gasteiger partial charge in [-0.3, -0.25) is 19.5 Å². The van der Waals surface area contributed by atoms with Crippen LogP contribution in [0.25, 0.3) is 17.3 Å². The highest BCUT2D eigenvalue weighted by atomic mass is 79.9. The lowest BCUT2D eigenvalue weighted by atomic mass is 10.0. The van der Waals surface area contributed by atoms with Gasteiger partial charge in [-0.1, -0.05) is 119 Å². The predicted molar refractivity (Wildman–Crippen MR) is 196 cm³/mol. The molecular weight excluding hydrogens is 660 g/mol. The maximum Gasteiger partial charge on any atom is 0.247 e. The Morgan fingerprint density at radius 2 is 1.38 bits per heavy atom. The number of carbonyl (C=O) groups is 2. The summed E-state index contributed by atoms with van der Waals surface area (Å²) in [7, 11) is 0. The van der Waals surface area contributed by atoms with Gasteiger partial charge in [0, 0.05) is 68.0 Å². The molecule has 1 aromatic heterocycles. The zero-order valence-electron chi connectivity index (χ0n) is 26.9. The summed E-state index contributed by atoms with van der Waals surface area (Å²) in [6.07, 6.45) is 5.61. The molecule has 0 saturated carbocycles. The van der Waals surface area contributed by atoms with E-state index in [0.717, 1.165) is 52.1 Å². The number of halogens is 1. The number of hydrogen-bond donors (Lipinski definition) is 0. The Bertz CT molecular complexity index is 1790. The van der Waals surface area contributed by atoms with Gasteiger partial charge in [0.2, 0.25) is 11.8 Å². The van der Waals surface area contributed by atoms with E-state index in [1.165, 1.54) is 5.56 Å². The molecule has 5 aromatic rings. The number of benzene rings is 4. The molecule has 0 radical (unpaired) electrons. The minimum Gasteiger partial charge on any atom is -0.338 e. The third-order valence-corrected chi connectivity index (χ3v) is 9.23. The molecule has 0 bridgehead atoms. The van der Waals surface area contributed by atoms with Crippen molar-refractivity contribution in [2.24, 2.45) is 0 Å². The van der Waals surface area contributed by atoms with Gasteiger partial charge in [-0.2, -0.15) is 0 Å². The van der Waals surface area contributed by atoms with Gasteiger partial charge in [0.15, 0.2) is 0 Å². The summed E-state index contributed by atoms with van der Waals surface area (Å²) in [4.78, 5) is 39.3. The van der Waals surface area contributed by atoms with Crippen molar-refractivity contribution in [1.29, 1.82) is 0 Å². The molecule has 0 N–H and O–H groups in total. The van der Waals surface area contributed by atoms with Crippen LogP contribution < -0.4 is 0 Å². The van der Waals surface area contributed by atoms with Crippen molar-refractivity contribution in [3.05, 3.63) is 166 Å². The number of amides is 2. The third-order valence-electron chi connectivity index (χ3n) is 8.71. The number of carbonyl (C=O) groups excluding carboxylic acids is 2. The first kappa shape index (κ1) is 33.1. The fourth-order valence-electron chi connectivity index (χ4n) is 6.04. The number of nitrogens with zero attached hydrogens (tertiary/aromatic N) is 4. The van der Waals surface area contributed by atoms with Crippen molar-refractivity contribution in [3.63, 3.8) is 0 Å². The Labute approximate surface area is 291 Å². The highest BCUT2D eigenvalue weighted by molar-refractivity contribution is 9.10. The molecule has 1 aliphatic rings. The minimum atomic E-state index is -0.675. The molecule has 1 saturated heterocycles. The normalized spacial score (nSPS) is 14.1. The van der Waals surface area contributed by atoms with Crippen molar-refractivity contribution in [2.45, 2.75) is 25.6 Å². The van der Waals surface area contributed by atoms with E-state index in [4.69, 9.17) is 0 Å². The Hall–Kier alpha value is -4.85. The van der Waals surface area contributed by atoms with Crippen molar-refractivity contribution in [2.75, 3.05) is 26.2 Å². The second-order valence-corrected chi connectivity index (χ2v) is 13.0. The fraction of sp³-hybridized carbons (Fsp3) is 0.195. The molecule has 6 nitrogen and oxygen atoms in total. The first-order valence-corrected chi connectivity index (χ1v) is 17.1. The van der Waals surface area contributed by atoms with E-state index in [-0.39, 0.29) is 11.8 Å². The van der Waals surface area contributed by atoms with Crippen LogP contribution in [0.15, 0.2) is 144 Å². The van der Waals surface area contributed by atoms with Crippen LogP contribution in [0.3, 0.4) is 0 Å². The molecule has 242 valence electrons. The molecule has 0 unspecified atom stereocenters. The van der Waals surface area contributed by atoms with Crippen LogP contribution in [-0.2, 0) is 29.1 Å². The zero-order chi connectivity index (χ0) is 33.1. The van der Waals surface area contributed by atoms with Crippen molar-refractivity contribution in [3.8, 4) is 11.3 Å². The van der Waals surface area contributed by atoms with Crippen LogP contribution in [-0.4, -0.2) is 63.7 Å². The molecule has 1 atom stereocenters. The number of aromatic nitrogens is 1. The second kappa shape index (κ2) is 16.3. The van der Waals surface area contributed by atoms with Gasteiger partial charge in [-0.25, -0.2) is 0 Å². The Morgan fingerprint density at radius 3 is 2.02 bits per heavy atom. The van der Waals surface area contributed by atoms with Crippen molar-refractivity contribution < 1.29 is 9.59 Å². The molecule has 2 heterocycles. The summed E-state index contributed by atoms with van der Waals surface area (Å²) in [6, 6.07) is 41.5. The predicted octanol–water partition coefficient (Wildman–Crippen LogP) is 7.51. The standard InChI is InChI=1S/C41H39BrN4O2/c42-37-21-16-32(17-22-37)18-23-40(47)46(31-35-14-19-36(20-15-35)38-13-7-8-24-43-38)39(29-33-9-3-1-4-10-33)41(48)45-27-25-44(26-28-45)30-34-11-5-2-6-12-34/h1-24,39H,25-31H2/t39-/m0/s1. The molecule has 0 spiro atoms. The summed E-state index contributed by atoms with van der Waals surface area (Å²) in [5.74, 6) is -0.225. The van der Waals surface area contributed by atoms with Gasteiger partial charge in [0.05, 0.1) is 5.69 Å². The number of hydrogen-bond acceptors (Lipinski definition) is 4. The van der Waals surface area contributed by atoms with Gasteiger partial charge >= 0.3 is 0 Å². The van der Waals surface area contributed by atoms with E-state index in [1.54, 1.807) is 17.2 Å². The van der Waals surface area contributed by atoms with Crippen LogP contribution in [0.4, 0.5) is 0 Å². The van der Waals surface area contributed by atoms with Gasteiger partial charge in [-0.05, 0) is 52.6 Å². The van der Waals surface area contributed by atoms with Crippen LogP contribution in [0.1, 0.15) is 22.3 Å². The first-order valence-electron chi connectivity index (χ1n) is 16.4. The topological polar surface area (TPSA) is 56.8 Å². The van der Waals surface area contributed by atoms with Gasteiger partial charge < -0.3 is 9.80 Å². The largest absolute Gasteiger partial charge is 0.338 e. The lowest BCUT2D eigenvalue weighted by molar-refractivity contribution is -0.145. The summed E-state index contributed by atoms with van der Waals surface area (Å²) in [5, 5.41) is 0. The van der Waals surface area contributed by atoms with Crippen molar-refractivity contribution >= 4 is 33.8 Å². The molecule has 1 fully saturated rings. The van der Waals surface area contributed by atoms with E-state index < -0.39 is 6.04 Å². The lowest BCUT2D eigenvalue weighted by Crippen LogP contribution is -2.56. The summed E-state index contributed by atoms with van der Waals surface area (Å²) >= 11 is 3.48. The van der Waals surface area contributed by atoms with E-state index in [1.807, 2.05) is 114 Å². The second-order valence-electron chi connectivity index (χ2n) is 12.1. The monoisotopic (exact) mass is 698 g/mol. The molecule has 6 rings (SSSR count). The van der Waals surface area contributed by atoms with E-state index in [9.17, 15) is 9.59 Å². The van der Waals surface area contributed by atoms with Crippen LogP contribution in [0.2, 0.25) is 0 Å². The maximum atomic E-state index is 14.5. The van der Waals surface area contributed by atoms with E-state index in [2.05, 4.69) is 50.1 Å². The third kappa shape index (κ3) is 8.94. The Morgan fingerprint density at radius 1 is 0.729 bits per heavy atom. The first-order chi connectivity index (χ1) is 23.5. The summed E-state index contributed by atoms with van der Waals surface area (Å²) in [5.41, 5.74) is 6.02. The summed E-state index contributed by atoms with van der Waals surface area (Å²) in [6.45, 7) is 3.95. The SMILES string of the molecule is O=C([C@H](Cc1ccccc1)N(Cc1ccc(-c2ccccn2)cc1)C(=O)C=Cc1ccc(Br)cc1)N1CCN(Cc2ccccc2)CC1. The minimum absolute atomic E-state index is 0.0197. The van der Waals surface area contributed by atoms with Crippen molar-refractivity contribution in [1.82, 2.24) is 19.7 Å². The molecule has 1 aliphatic heterocycles. The zero-order valence-corrected chi connectivity index (χ0v) is 28.5. The average Bonchev–Trinajstić information content (AvgIpc) is 3.14. The molecule has 2 amide bonds. The smallest absolute Gasteiger partial charge is 0.247 e. The molecule has 7 heteroatoms. The Kier molecular flexibility index (Phi) is 11.2. The Balaban J connectivity index is 1.27. The van der Waals surface area contributed by atoms with Crippen LogP contribution >= 0.6 is 15.9 Å². The van der Waals surface area contributed by atoms with E-state index >= 15 is 0 Å². The maximum absolute atomic E-state index is 14.5. The molecule has 48 heavy (non-hydrogen) atoms. The highest BCUT2D eigenvalue weighted by Crippen LogP contribution is 2.22. The highest BCUT2D eigenvalue weighted by Gasteiger charge is 2.34. The van der Waals surface area contributed by atoms with Gasteiger partial charge in [0.25, 0.3) is 0 Å². The lowest BCUT2D eigenvalue weighted by Gasteiger charge is -2.39. The number of piperazine rings is 1. The van der Waals surface area contributed by atoms with E-state index in [0.29, 0.717) is 26.1 Å². The average molecular weight is 700 g/mol. The molecule has 0 aliphatic carbocycles. The number of pyridine rings is 1. The van der Waals surface area contributed by atoms with Gasteiger partial charge in [-0.15, -0.1) is 0 Å². The quantitative estimate of drug-likeness (QED) is 0.134. The van der Waals surface area contributed by atoms with Crippen LogP contribution in [0.5, 0.6) is 0 Å². The number of rotatable bonds is 11. The molecule has 4 aromatic carbocycles.